The molecule has 3 rings (SSSR count). The Morgan fingerprint density at radius 2 is 2.10 bits per heavy atom. The molecule has 0 aliphatic carbocycles. The van der Waals surface area contributed by atoms with E-state index in [2.05, 4.69) is 15.3 Å². The van der Waals surface area contributed by atoms with Crippen LogP contribution in [0.5, 0.6) is 0 Å². The first-order valence-corrected chi connectivity index (χ1v) is 7.14. The van der Waals surface area contributed by atoms with Crippen LogP contribution in [0.4, 0.5) is 5.82 Å². The Labute approximate surface area is 123 Å². The van der Waals surface area contributed by atoms with E-state index in [1.54, 1.807) is 6.07 Å². The Hall–Kier alpha value is -1.65. The van der Waals surface area contributed by atoms with Gasteiger partial charge in [-0.3, -0.25) is 0 Å². The maximum atomic E-state index is 6.07. The number of halogens is 1. The number of aromatic nitrogens is 2. The highest BCUT2D eigenvalue weighted by molar-refractivity contribution is 6.29. The zero-order chi connectivity index (χ0) is 13.8. The first-order chi connectivity index (χ1) is 9.81. The summed E-state index contributed by atoms with van der Waals surface area (Å²) in [5, 5.41) is 3.72. The number of anilines is 1. The molecular formula is C15H16ClN3O. The first-order valence-electron chi connectivity index (χ1n) is 6.77. The van der Waals surface area contributed by atoms with Gasteiger partial charge in [0.05, 0.1) is 6.10 Å². The molecule has 1 aliphatic rings. The predicted molar refractivity (Wildman–Crippen MR) is 79.9 cm³/mol. The molecular weight excluding hydrogens is 274 g/mol. The lowest BCUT2D eigenvalue weighted by Gasteiger charge is -2.12. The lowest BCUT2D eigenvalue weighted by molar-refractivity contribution is 0.120. The van der Waals surface area contributed by atoms with Crippen molar-refractivity contribution >= 4 is 17.4 Å². The van der Waals surface area contributed by atoms with Crippen molar-refractivity contribution in [1.29, 1.82) is 0 Å². The fraction of sp³-hybridized carbons (Fsp3) is 0.333. The van der Waals surface area contributed by atoms with Crippen LogP contribution >= 0.6 is 11.6 Å². The summed E-state index contributed by atoms with van der Waals surface area (Å²) >= 11 is 6.07. The Morgan fingerprint density at radius 3 is 2.85 bits per heavy atom. The molecule has 1 aromatic heterocycles. The monoisotopic (exact) mass is 289 g/mol. The van der Waals surface area contributed by atoms with E-state index in [1.807, 2.05) is 30.3 Å². The van der Waals surface area contributed by atoms with Gasteiger partial charge in [-0.25, -0.2) is 9.97 Å². The van der Waals surface area contributed by atoms with Crippen LogP contribution in [0.3, 0.4) is 0 Å². The van der Waals surface area contributed by atoms with Gasteiger partial charge >= 0.3 is 0 Å². The van der Waals surface area contributed by atoms with E-state index in [0.717, 1.165) is 37.4 Å². The summed E-state index contributed by atoms with van der Waals surface area (Å²) in [6, 6.07) is 11.6. The second kappa shape index (κ2) is 6.20. The number of ether oxygens (including phenoxy) is 1. The number of hydrogen-bond donors (Lipinski definition) is 1. The van der Waals surface area contributed by atoms with E-state index in [0.29, 0.717) is 11.0 Å². The molecule has 0 unspecified atom stereocenters. The molecule has 2 heterocycles. The largest absolute Gasteiger partial charge is 0.376 e. The second-order valence-corrected chi connectivity index (χ2v) is 5.17. The molecule has 4 nitrogen and oxygen atoms in total. The number of nitrogens with zero attached hydrogens (tertiary/aromatic N) is 2. The van der Waals surface area contributed by atoms with Crippen LogP contribution in [0.2, 0.25) is 5.15 Å². The third-order valence-corrected chi connectivity index (χ3v) is 3.46. The zero-order valence-electron chi connectivity index (χ0n) is 11.1. The van der Waals surface area contributed by atoms with Gasteiger partial charge in [0.25, 0.3) is 0 Å². The van der Waals surface area contributed by atoms with Crippen LogP contribution in [-0.2, 0) is 4.74 Å². The molecule has 0 amide bonds. The minimum Gasteiger partial charge on any atom is -0.376 e. The van der Waals surface area contributed by atoms with E-state index in [1.165, 1.54) is 0 Å². The highest BCUT2D eigenvalue weighted by Gasteiger charge is 2.15. The molecule has 1 fully saturated rings. The maximum absolute atomic E-state index is 6.07. The molecule has 0 bridgehead atoms. The summed E-state index contributed by atoms with van der Waals surface area (Å²) in [7, 11) is 0. The molecule has 0 spiro atoms. The number of nitrogens with one attached hydrogen (secondary N) is 1. The smallest absolute Gasteiger partial charge is 0.163 e. The van der Waals surface area contributed by atoms with E-state index >= 15 is 0 Å². The molecule has 0 saturated carbocycles. The van der Waals surface area contributed by atoms with Gasteiger partial charge in [-0.2, -0.15) is 0 Å². The molecule has 0 radical (unpaired) electrons. The zero-order valence-corrected chi connectivity index (χ0v) is 11.8. The van der Waals surface area contributed by atoms with Crippen molar-refractivity contribution in [3.05, 3.63) is 41.6 Å². The molecule has 1 N–H and O–H groups in total. The van der Waals surface area contributed by atoms with Crippen LogP contribution in [0.1, 0.15) is 12.8 Å². The van der Waals surface area contributed by atoms with Gasteiger partial charge < -0.3 is 10.1 Å². The van der Waals surface area contributed by atoms with Crippen LogP contribution < -0.4 is 5.32 Å². The lowest BCUT2D eigenvalue weighted by atomic mass is 10.2. The van der Waals surface area contributed by atoms with Crippen LogP contribution in [-0.4, -0.2) is 29.2 Å². The van der Waals surface area contributed by atoms with Gasteiger partial charge in [-0.1, -0.05) is 41.9 Å². The van der Waals surface area contributed by atoms with Gasteiger partial charge in [0.15, 0.2) is 5.82 Å². The molecule has 20 heavy (non-hydrogen) atoms. The second-order valence-electron chi connectivity index (χ2n) is 4.78. The highest BCUT2D eigenvalue weighted by atomic mass is 35.5. The van der Waals surface area contributed by atoms with Crippen molar-refractivity contribution < 1.29 is 4.74 Å². The van der Waals surface area contributed by atoms with E-state index in [-0.39, 0.29) is 6.10 Å². The average molecular weight is 290 g/mol. The first kappa shape index (κ1) is 13.3. The number of hydrogen-bond acceptors (Lipinski definition) is 4. The normalized spacial score (nSPS) is 18.1. The van der Waals surface area contributed by atoms with Crippen molar-refractivity contribution in [2.24, 2.45) is 0 Å². The van der Waals surface area contributed by atoms with Crippen LogP contribution in [0, 0.1) is 0 Å². The fourth-order valence-electron chi connectivity index (χ4n) is 2.25. The van der Waals surface area contributed by atoms with Crippen molar-refractivity contribution in [3.8, 4) is 11.4 Å². The van der Waals surface area contributed by atoms with Crippen molar-refractivity contribution in [3.63, 3.8) is 0 Å². The minimum atomic E-state index is 0.268. The average Bonchev–Trinajstić information content (AvgIpc) is 2.99. The lowest BCUT2D eigenvalue weighted by Crippen LogP contribution is -2.19. The van der Waals surface area contributed by atoms with Gasteiger partial charge in [0, 0.05) is 24.8 Å². The summed E-state index contributed by atoms with van der Waals surface area (Å²) in [4.78, 5) is 8.77. The molecule has 5 heteroatoms. The standard InChI is InChI=1S/C15H16ClN3O/c16-13-9-14(17-10-12-7-4-8-20-12)19-15(18-13)11-5-2-1-3-6-11/h1-3,5-6,9,12H,4,7-8,10H2,(H,17,18,19)/t12-/m1/s1. The summed E-state index contributed by atoms with van der Waals surface area (Å²) in [5.74, 6) is 1.37. The Bertz CT molecular complexity index is 571. The Balaban J connectivity index is 1.76. The van der Waals surface area contributed by atoms with Gasteiger partial charge in [0.2, 0.25) is 0 Å². The van der Waals surface area contributed by atoms with Crippen LogP contribution in [0.25, 0.3) is 11.4 Å². The summed E-state index contributed by atoms with van der Waals surface area (Å²) in [6.07, 6.45) is 2.49. The third-order valence-electron chi connectivity index (χ3n) is 3.26. The highest BCUT2D eigenvalue weighted by Crippen LogP contribution is 2.20. The SMILES string of the molecule is Clc1cc(NC[C@H]2CCCO2)nc(-c2ccccc2)n1. The molecule has 1 atom stereocenters. The fourth-order valence-corrected chi connectivity index (χ4v) is 2.43. The molecule has 1 aromatic carbocycles. The third kappa shape index (κ3) is 3.26. The topological polar surface area (TPSA) is 47.0 Å². The van der Waals surface area contributed by atoms with Crippen LogP contribution in [0.15, 0.2) is 36.4 Å². The van der Waals surface area contributed by atoms with Gasteiger partial charge in [-0.15, -0.1) is 0 Å². The molecule has 1 saturated heterocycles. The molecule has 104 valence electrons. The molecule has 1 aliphatic heterocycles. The summed E-state index contributed by atoms with van der Waals surface area (Å²) in [5.41, 5.74) is 0.954. The molecule has 2 aromatic rings. The van der Waals surface area contributed by atoms with E-state index in [9.17, 15) is 0 Å². The quantitative estimate of drug-likeness (QED) is 0.877. The van der Waals surface area contributed by atoms with Crippen molar-refractivity contribution in [1.82, 2.24) is 9.97 Å². The minimum absolute atomic E-state index is 0.268. The number of rotatable bonds is 4. The van der Waals surface area contributed by atoms with Gasteiger partial charge in [-0.05, 0) is 12.8 Å². The van der Waals surface area contributed by atoms with Gasteiger partial charge in [0.1, 0.15) is 11.0 Å². The summed E-state index contributed by atoms with van der Waals surface area (Å²) in [6.45, 7) is 1.60. The number of benzene rings is 1. The van der Waals surface area contributed by atoms with E-state index < -0.39 is 0 Å². The Morgan fingerprint density at radius 1 is 1.25 bits per heavy atom. The summed E-state index contributed by atoms with van der Waals surface area (Å²) < 4.78 is 5.58. The maximum Gasteiger partial charge on any atom is 0.163 e. The van der Waals surface area contributed by atoms with Crippen molar-refractivity contribution in [2.75, 3.05) is 18.5 Å². The van der Waals surface area contributed by atoms with E-state index in [4.69, 9.17) is 16.3 Å². The van der Waals surface area contributed by atoms with Crippen molar-refractivity contribution in [2.45, 2.75) is 18.9 Å². The Kier molecular flexibility index (Phi) is 4.14. The predicted octanol–water partition coefficient (Wildman–Crippen LogP) is 3.39.